The Balaban J connectivity index is 1.82. The van der Waals surface area contributed by atoms with Crippen LogP contribution in [0.4, 0.5) is 5.69 Å². The van der Waals surface area contributed by atoms with Gasteiger partial charge < -0.3 is 14.5 Å². The van der Waals surface area contributed by atoms with E-state index in [0.29, 0.717) is 23.9 Å². The largest absolute Gasteiger partial charge is 0.453 e. The molecule has 0 aliphatic heterocycles. The smallest absolute Gasteiger partial charge is 0.291 e. The molecule has 1 amide bonds. The number of furan rings is 1. The van der Waals surface area contributed by atoms with Gasteiger partial charge in [0.05, 0.1) is 5.69 Å². The van der Waals surface area contributed by atoms with Crippen molar-refractivity contribution in [2.75, 3.05) is 12.4 Å². The number of nitrogens with one attached hydrogen (secondary N) is 1. The van der Waals surface area contributed by atoms with Crippen molar-refractivity contribution in [3.63, 3.8) is 0 Å². The van der Waals surface area contributed by atoms with Gasteiger partial charge in [-0.2, -0.15) is 5.10 Å². The van der Waals surface area contributed by atoms with E-state index in [-0.39, 0.29) is 11.7 Å². The van der Waals surface area contributed by atoms with Gasteiger partial charge in [-0.05, 0) is 30.3 Å². The van der Waals surface area contributed by atoms with Gasteiger partial charge in [0, 0.05) is 25.7 Å². The number of hydrogen-bond acceptors (Lipinski definition) is 5. The van der Waals surface area contributed by atoms with Crippen molar-refractivity contribution in [1.29, 1.82) is 0 Å². The Labute approximate surface area is 126 Å². The Kier molecular flexibility index (Phi) is 3.97. The maximum atomic E-state index is 12.3. The molecule has 7 heteroatoms. The molecule has 0 unspecified atom stereocenters. The van der Waals surface area contributed by atoms with E-state index in [4.69, 9.17) is 9.15 Å². The van der Waals surface area contributed by atoms with Crippen molar-refractivity contribution in [3.8, 4) is 5.82 Å². The average molecular weight is 298 g/mol. The van der Waals surface area contributed by atoms with Crippen LogP contribution in [0.15, 0.2) is 53.3 Å². The second-order valence-electron chi connectivity index (χ2n) is 4.48. The Bertz CT molecular complexity index is 765. The number of pyridine rings is 1. The molecule has 3 rings (SSSR count). The average Bonchev–Trinajstić information content (AvgIpc) is 3.19. The summed E-state index contributed by atoms with van der Waals surface area (Å²) in [5.41, 5.74) is 0.542. The summed E-state index contributed by atoms with van der Waals surface area (Å²) in [6.07, 6.45) is 5.03. The van der Waals surface area contributed by atoms with Gasteiger partial charge in [-0.1, -0.05) is 0 Å². The first-order valence-electron chi connectivity index (χ1n) is 6.62. The standard InChI is InChI=1S/C15H14N4O3/c1-21-10-11-5-6-13(22-11)15(20)18-12-4-2-7-16-14(12)19-9-3-8-17-19/h2-9H,10H2,1H3,(H,18,20). The van der Waals surface area contributed by atoms with Gasteiger partial charge in [-0.15, -0.1) is 0 Å². The minimum atomic E-state index is -0.358. The molecule has 3 aromatic heterocycles. The van der Waals surface area contributed by atoms with Crippen molar-refractivity contribution >= 4 is 11.6 Å². The second kappa shape index (κ2) is 6.23. The normalized spacial score (nSPS) is 10.6. The highest BCUT2D eigenvalue weighted by atomic mass is 16.5. The lowest BCUT2D eigenvalue weighted by Gasteiger charge is -2.08. The summed E-state index contributed by atoms with van der Waals surface area (Å²) in [5.74, 6) is 0.974. The zero-order valence-electron chi connectivity index (χ0n) is 11.9. The van der Waals surface area contributed by atoms with Crippen LogP contribution in [0.1, 0.15) is 16.3 Å². The summed E-state index contributed by atoms with van der Waals surface area (Å²) < 4.78 is 11.9. The highest BCUT2D eigenvalue weighted by molar-refractivity contribution is 6.03. The van der Waals surface area contributed by atoms with Crippen LogP contribution in [0.5, 0.6) is 0 Å². The molecular weight excluding hydrogens is 284 g/mol. The topological polar surface area (TPSA) is 82.2 Å². The van der Waals surface area contributed by atoms with Crippen LogP contribution in [0, 0.1) is 0 Å². The first-order chi connectivity index (χ1) is 10.8. The molecule has 0 aliphatic carbocycles. The van der Waals surface area contributed by atoms with Gasteiger partial charge in [0.15, 0.2) is 11.6 Å². The van der Waals surface area contributed by atoms with E-state index >= 15 is 0 Å². The third-order valence-corrected chi connectivity index (χ3v) is 2.93. The van der Waals surface area contributed by atoms with Gasteiger partial charge in [0.1, 0.15) is 12.4 Å². The summed E-state index contributed by atoms with van der Waals surface area (Å²) in [5, 5.41) is 6.89. The Morgan fingerprint density at radius 3 is 3.00 bits per heavy atom. The quantitative estimate of drug-likeness (QED) is 0.781. The Morgan fingerprint density at radius 1 is 1.32 bits per heavy atom. The molecule has 0 spiro atoms. The van der Waals surface area contributed by atoms with E-state index in [9.17, 15) is 4.79 Å². The molecule has 1 N–H and O–H groups in total. The van der Waals surface area contributed by atoms with Gasteiger partial charge in [-0.25, -0.2) is 9.67 Å². The highest BCUT2D eigenvalue weighted by Gasteiger charge is 2.14. The number of amides is 1. The SMILES string of the molecule is COCc1ccc(C(=O)Nc2cccnc2-n2cccn2)o1. The van der Waals surface area contributed by atoms with E-state index < -0.39 is 0 Å². The zero-order valence-corrected chi connectivity index (χ0v) is 11.9. The lowest BCUT2D eigenvalue weighted by atomic mass is 10.3. The van der Waals surface area contributed by atoms with Gasteiger partial charge in [-0.3, -0.25) is 4.79 Å². The summed E-state index contributed by atoms with van der Waals surface area (Å²) in [6, 6.07) is 8.58. The molecule has 0 atom stereocenters. The van der Waals surface area contributed by atoms with Crippen LogP contribution in [0.25, 0.3) is 5.82 Å². The summed E-state index contributed by atoms with van der Waals surface area (Å²) in [7, 11) is 1.56. The summed E-state index contributed by atoms with van der Waals surface area (Å²) >= 11 is 0. The predicted octanol–water partition coefficient (Wildman–Crippen LogP) is 2.26. The molecule has 0 saturated carbocycles. The zero-order chi connectivity index (χ0) is 15.4. The van der Waals surface area contributed by atoms with Crippen molar-refractivity contribution < 1.29 is 13.9 Å². The molecule has 0 radical (unpaired) electrons. The molecule has 0 aliphatic rings. The van der Waals surface area contributed by atoms with E-state index in [2.05, 4.69) is 15.4 Å². The lowest BCUT2D eigenvalue weighted by Crippen LogP contribution is -2.14. The number of hydrogen-bond donors (Lipinski definition) is 1. The van der Waals surface area contributed by atoms with Crippen molar-refractivity contribution in [1.82, 2.24) is 14.8 Å². The molecule has 22 heavy (non-hydrogen) atoms. The fourth-order valence-electron chi connectivity index (χ4n) is 1.97. The fraction of sp³-hybridized carbons (Fsp3) is 0.133. The summed E-state index contributed by atoms with van der Waals surface area (Å²) in [4.78, 5) is 16.5. The van der Waals surface area contributed by atoms with Crippen molar-refractivity contribution in [3.05, 3.63) is 60.4 Å². The van der Waals surface area contributed by atoms with E-state index in [1.54, 1.807) is 60.7 Å². The molecule has 0 fully saturated rings. The summed E-state index contributed by atoms with van der Waals surface area (Å²) in [6.45, 7) is 0.318. The number of ether oxygens (including phenoxy) is 1. The minimum Gasteiger partial charge on any atom is -0.453 e. The van der Waals surface area contributed by atoms with Crippen molar-refractivity contribution in [2.45, 2.75) is 6.61 Å². The Hall–Kier alpha value is -2.93. The first kappa shape index (κ1) is 14.0. The van der Waals surface area contributed by atoms with Crippen LogP contribution >= 0.6 is 0 Å². The lowest BCUT2D eigenvalue weighted by molar-refractivity contribution is 0.0987. The highest BCUT2D eigenvalue weighted by Crippen LogP contribution is 2.18. The molecule has 3 aromatic rings. The number of nitrogens with zero attached hydrogens (tertiary/aromatic N) is 3. The fourth-order valence-corrected chi connectivity index (χ4v) is 1.97. The molecule has 7 nitrogen and oxygen atoms in total. The van der Waals surface area contributed by atoms with E-state index in [1.165, 1.54) is 0 Å². The van der Waals surface area contributed by atoms with Crippen LogP contribution in [-0.4, -0.2) is 27.8 Å². The monoisotopic (exact) mass is 298 g/mol. The van der Waals surface area contributed by atoms with E-state index in [0.717, 1.165) is 0 Å². The van der Waals surface area contributed by atoms with Crippen molar-refractivity contribution in [2.24, 2.45) is 0 Å². The first-order valence-corrected chi connectivity index (χ1v) is 6.62. The number of carbonyl (C=O) groups excluding carboxylic acids is 1. The molecule has 0 bridgehead atoms. The number of aromatic nitrogens is 3. The maximum Gasteiger partial charge on any atom is 0.291 e. The Morgan fingerprint density at radius 2 is 2.23 bits per heavy atom. The number of carbonyl (C=O) groups is 1. The van der Waals surface area contributed by atoms with Crippen LogP contribution in [-0.2, 0) is 11.3 Å². The predicted molar refractivity (Wildman–Crippen MR) is 78.7 cm³/mol. The van der Waals surface area contributed by atoms with Crippen LogP contribution in [0.3, 0.4) is 0 Å². The maximum absolute atomic E-state index is 12.3. The molecule has 0 aromatic carbocycles. The number of anilines is 1. The number of methoxy groups -OCH3 is 1. The third kappa shape index (κ3) is 2.89. The minimum absolute atomic E-state index is 0.210. The second-order valence-corrected chi connectivity index (χ2v) is 4.48. The third-order valence-electron chi connectivity index (χ3n) is 2.93. The van der Waals surface area contributed by atoms with Gasteiger partial charge in [0.25, 0.3) is 5.91 Å². The van der Waals surface area contributed by atoms with Crippen LogP contribution in [0.2, 0.25) is 0 Å². The van der Waals surface area contributed by atoms with E-state index in [1.807, 2.05) is 0 Å². The van der Waals surface area contributed by atoms with Crippen LogP contribution < -0.4 is 5.32 Å². The van der Waals surface area contributed by atoms with Gasteiger partial charge >= 0.3 is 0 Å². The number of rotatable bonds is 5. The molecule has 0 saturated heterocycles. The molecule has 112 valence electrons. The van der Waals surface area contributed by atoms with Gasteiger partial charge in [0.2, 0.25) is 0 Å². The molecule has 3 heterocycles. The molecular formula is C15H14N4O3.